The molecule has 0 spiro atoms. The van der Waals surface area contributed by atoms with Gasteiger partial charge in [-0.15, -0.1) is 0 Å². The third-order valence-corrected chi connectivity index (χ3v) is 8.46. The lowest BCUT2D eigenvalue weighted by Crippen LogP contribution is -2.68. The first-order chi connectivity index (χ1) is 24.1. The van der Waals surface area contributed by atoms with Crippen LogP contribution in [0.4, 0.5) is 5.69 Å². The number of hydrogen-bond acceptors (Lipinski definition) is 12. The van der Waals surface area contributed by atoms with Crippen molar-refractivity contribution in [3.8, 4) is 0 Å². The van der Waals surface area contributed by atoms with E-state index in [2.05, 4.69) is 26.6 Å². The molecule has 19 heteroatoms. The van der Waals surface area contributed by atoms with Crippen molar-refractivity contribution in [3.05, 3.63) is 42.0 Å². The van der Waals surface area contributed by atoms with Gasteiger partial charge in [0, 0.05) is 30.8 Å². The molecule has 0 radical (unpaired) electrons. The summed E-state index contributed by atoms with van der Waals surface area (Å²) in [5.74, 6) is -5.84. The fourth-order valence-corrected chi connectivity index (χ4v) is 5.56. The molecule has 7 atom stereocenters. The summed E-state index contributed by atoms with van der Waals surface area (Å²) in [6.07, 6.45) is -4.03. The Balaban J connectivity index is 1.19. The Morgan fingerprint density at radius 3 is 2.14 bits per heavy atom. The molecule has 8 amide bonds. The van der Waals surface area contributed by atoms with Crippen molar-refractivity contribution in [2.45, 2.75) is 76.4 Å². The van der Waals surface area contributed by atoms with Crippen molar-refractivity contribution < 1.29 is 58.4 Å². The number of carbonyl (C=O) groups excluding carboxylic acids is 8. The van der Waals surface area contributed by atoms with E-state index >= 15 is 0 Å². The Kier molecular flexibility index (Phi) is 12.6. The molecule has 0 unspecified atom stereocenters. The molecule has 0 aromatic heterocycles. The van der Waals surface area contributed by atoms with Crippen LogP contribution in [-0.4, -0.2) is 135 Å². The molecule has 0 aliphatic carbocycles. The van der Waals surface area contributed by atoms with E-state index < -0.39 is 96.4 Å². The Hall–Kier alpha value is -5.24. The number of ether oxygens (including phenoxy) is 1. The van der Waals surface area contributed by atoms with Gasteiger partial charge >= 0.3 is 11.8 Å². The highest BCUT2D eigenvalue weighted by Crippen LogP contribution is 2.27. The van der Waals surface area contributed by atoms with Gasteiger partial charge in [-0.25, -0.2) is 0 Å². The van der Waals surface area contributed by atoms with Gasteiger partial charge in [-0.05, 0) is 30.5 Å². The fourth-order valence-electron chi connectivity index (χ4n) is 5.56. The van der Waals surface area contributed by atoms with Crippen LogP contribution in [0.1, 0.15) is 32.8 Å². The summed E-state index contributed by atoms with van der Waals surface area (Å²) >= 11 is 0. The number of hydrogen-bond donors (Lipinski definition) is 8. The summed E-state index contributed by atoms with van der Waals surface area (Å²) in [5.41, 5.74) is 1.04. The third-order valence-electron chi connectivity index (χ3n) is 8.46. The molecule has 1 aromatic carbocycles. The maximum absolute atomic E-state index is 13.0. The minimum Gasteiger partial charge on any atom is -0.388 e. The Bertz CT molecular complexity index is 1560. The number of fused-ring (bicyclic) bond motifs is 1. The number of amides is 8. The maximum Gasteiger partial charge on any atom is 0.314 e. The summed E-state index contributed by atoms with van der Waals surface area (Å²) in [6.45, 7) is 4.02. The quantitative estimate of drug-likeness (QED) is 0.0637. The van der Waals surface area contributed by atoms with Gasteiger partial charge in [0.05, 0.1) is 19.3 Å². The zero-order valence-corrected chi connectivity index (χ0v) is 28.0. The van der Waals surface area contributed by atoms with Gasteiger partial charge in [0.1, 0.15) is 43.1 Å². The molecule has 276 valence electrons. The normalized spacial score (nSPS) is 23.9. The summed E-state index contributed by atoms with van der Waals surface area (Å²) < 4.78 is 5.65. The number of carbonyl (C=O) groups is 8. The summed E-state index contributed by atoms with van der Waals surface area (Å²) in [6, 6.07) is 3.34. The Morgan fingerprint density at radius 1 is 0.863 bits per heavy atom. The lowest BCUT2D eigenvalue weighted by atomic mass is 9.92. The SMILES string of the molecule is CC(C)[C@H](NC(=O)CCNC(=O)CN1C(=O)C=CC1=O)C(=O)N[C@@H](C)C(=O)Nc1ccc(COC[C@@H]2[C@@H](O)[C@H](O)[C@H](O)[C@H]3NC(=O)C(=O)N23)cc1. The number of rotatable bonds is 15. The number of benzene rings is 1. The van der Waals surface area contributed by atoms with E-state index in [-0.39, 0.29) is 32.1 Å². The highest BCUT2D eigenvalue weighted by Gasteiger charge is 2.55. The van der Waals surface area contributed by atoms with Crippen LogP contribution in [0.3, 0.4) is 0 Å². The molecule has 2 fully saturated rings. The summed E-state index contributed by atoms with van der Waals surface area (Å²) in [4.78, 5) is 99.4. The number of aliphatic hydroxyl groups excluding tert-OH is 3. The van der Waals surface area contributed by atoms with Crippen LogP contribution < -0.4 is 26.6 Å². The number of anilines is 1. The van der Waals surface area contributed by atoms with Crippen molar-refractivity contribution >= 4 is 52.9 Å². The molecular formula is C32H41N7O12. The Labute approximate surface area is 291 Å². The van der Waals surface area contributed by atoms with E-state index in [1.165, 1.54) is 6.92 Å². The molecule has 3 heterocycles. The van der Waals surface area contributed by atoms with E-state index in [0.29, 0.717) is 11.3 Å². The van der Waals surface area contributed by atoms with Gasteiger partial charge in [-0.1, -0.05) is 26.0 Å². The second-order valence-corrected chi connectivity index (χ2v) is 12.6. The van der Waals surface area contributed by atoms with Gasteiger partial charge in [-0.3, -0.25) is 43.3 Å². The van der Waals surface area contributed by atoms with Gasteiger partial charge in [0.2, 0.25) is 23.6 Å². The lowest BCUT2D eigenvalue weighted by molar-refractivity contribution is -0.178. The standard InChI is InChI=1S/C32H41N7O12/c1-15(2)24(36-20(40)10-11-33-21(41)12-38-22(42)8-9-23(38)43)30(48)34-16(3)29(47)35-18-6-4-17(5-7-18)13-51-14-19-25(44)26(45)27(46)28-37-31(49)32(50)39(19)28/h4-9,15-16,19,24-28,44-46H,10-14H2,1-3H3,(H,33,41)(H,34,48)(H,35,47)(H,36,40)(H,37,49)/t16-,19+,24-,25+,26-,27-,28-/m0/s1. The molecule has 0 bridgehead atoms. The van der Waals surface area contributed by atoms with Gasteiger partial charge in [0.15, 0.2) is 0 Å². The average molecular weight is 716 g/mol. The monoisotopic (exact) mass is 715 g/mol. The Morgan fingerprint density at radius 2 is 1.51 bits per heavy atom. The first-order valence-electron chi connectivity index (χ1n) is 16.1. The minimum absolute atomic E-state index is 0.00361. The van der Waals surface area contributed by atoms with Crippen LogP contribution >= 0.6 is 0 Å². The zero-order chi connectivity index (χ0) is 37.6. The smallest absolute Gasteiger partial charge is 0.314 e. The van der Waals surface area contributed by atoms with Crippen LogP contribution in [0.5, 0.6) is 0 Å². The molecule has 51 heavy (non-hydrogen) atoms. The predicted octanol–water partition coefficient (Wildman–Crippen LogP) is -4.03. The van der Waals surface area contributed by atoms with Gasteiger partial charge < -0.3 is 51.5 Å². The molecule has 19 nitrogen and oxygen atoms in total. The van der Waals surface area contributed by atoms with Crippen molar-refractivity contribution in [2.24, 2.45) is 5.92 Å². The third kappa shape index (κ3) is 9.31. The number of imide groups is 1. The van der Waals surface area contributed by atoms with Crippen molar-refractivity contribution in [3.63, 3.8) is 0 Å². The second kappa shape index (κ2) is 16.6. The van der Waals surface area contributed by atoms with Gasteiger partial charge in [0.25, 0.3) is 11.8 Å². The fraction of sp³-hybridized carbons (Fsp3) is 0.500. The molecule has 0 saturated carbocycles. The van der Waals surface area contributed by atoms with Crippen molar-refractivity contribution in [1.29, 1.82) is 0 Å². The molecule has 3 aliphatic heterocycles. The van der Waals surface area contributed by atoms with Crippen LogP contribution in [0.2, 0.25) is 0 Å². The molecule has 1 aromatic rings. The molecule has 4 rings (SSSR count). The van der Waals surface area contributed by atoms with Crippen LogP contribution in [-0.2, 0) is 49.7 Å². The van der Waals surface area contributed by atoms with Crippen molar-refractivity contribution in [2.75, 3.05) is 25.0 Å². The van der Waals surface area contributed by atoms with E-state index in [1.54, 1.807) is 38.1 Å². The van der Waals surface area contributed by atoms with Crippen molar-refractivity contribution in [1.82, 2.24) is 31.1 Å². The van der Waals surface area contributed by atoms with Gasteiger partial charge in [-0.2, -0.15) is 0 Å². The van der Waals surface area contributed by atoms with Crippen LogP contribution in [0.15, 0.2) is 36.4 Å². The average Bonchev–Trinajstić information content (AvgIpc) is 3.56. The lowest BCUT2D eigenvalue weighted by Gasteiger charge is -2.44. The molecule has 3 aliphatic rings. The minimum atomic E-state index is -1.62. The predicted molar refractivity (Wildman–Crippen MR) is 173 cm³/mol. The highest BCUT2D eigenvalue weighted by atomic mass is 16.5. The van der Waals surface area contributed by atoms with Crippen LogP contribution in [0, 0.1) is 5.92 Å². The van der Waals surface area contributed by atoms with E-state index in [0.717, 1.165) is 22.0 Å². The van der Waals surface area contributed by atoms with E-state index in [1.807, 2.05) is 0 Å². The van der Waals surface area contributed by atoms with E-state index in [4.69, 9.17) is 4.74 Å². The number of piperidine rings is 1. The first-order valence-corrected chi connectivity index (χ1v) is 16.1. The summed E-state index contributed by atoms with van der Waals surface area (Å²) in [5, 5.41) is 43.3. The largest absolute Gasteiger partial charge is 0.388 e. The second-order valence-electron chi connectivity index (χ2n) is 12.6. The van der Waals surface area contributed by atoms with E-state index in [9.17, 15) is 53.7 Å². The zero-order valence-electron chi connectivity index (χ0n) is 28.0. The summed E-state index contributed by atoms with van der Waals surface area (Å²) in [7, 11) is 0. The first kappa shape index (κ1) is 38.6. The molecule has 2 saturated heterocycles. The molecular weight excluding hydrogens is 674 g/mol. The number of aliphatic hydroxyl groups is 3. The molecule has 8 N–H and O–H groups in total. The van der Waals surface area contributed by atoms with Crippen LogP contribution in [0.25, 0.3) is 0 Å². The topological polar surface area (TPSA) is 273 Å². The highest BCUT2D eigenvalue weighted by molar-refractivity contribution is 6.37. The number of nitrogens with one attached hydrogen (secondary N) is 5. The number of nitrogens with zero attached hydrogens (tertiary/aromatic N) is 2. The maximum atomic E-state index is 13.0.